The number of carbonyl (C=O) groups excluding carboxylic acids is 1. The summed E-state index contributed by atoms with van der Waals surface area (Å²) in [6.07, 6.45) is 6.56. The first-order valence-corrected chi connectivity index (χ1v) is 9.67. The summed E-state index contributed by atoms with van der Waals surface area (Å²) in [7, 11) is 0. The third-order valence-corrected chi connectivity index (χ3v) is 5.17. The summed E-state index contributed by atoms with van der Waals surface area (Å²) in [4.78, 5) is 27.5. The van der Waals surface area contributed by atoms with Gasteiger partial charge in [0.05, 0.1) is 11.3 Å². The van der Waals surface area contributed by atoms with Crippen LogP contribution in [0.5, 0.6) is 0 Å². The van der Waals surface area contributed by atoms with Gasteiger partial charge in [0, 0.05) is 36.4 Å². The number of hydrogen-bond acceptors (Lipinski definition) is 6. The molecule has 1 aromatic carbocycles. The lowest BCUT2D eigenvalue weighted by atomic mass is 10.1. The minimum atomic E-state index is -0.345. The number of rotatable bonds is 4. The van der Waals surface area contributed by atoms with Gasteiger partial charge in [0.2, 0.25) is 5.95 Å². The number of halogens is 1. The van der Waals surface area contributed by atoms with Crippen molar-refractivity contribution >= 4 is 28.3 Å². The van der Waals surface area contributed by atoms with Gasteiger partial charge in [-0.05, 0) is 31.4 Å². The van der Waals surface area contributed by atoms with Crippen LogP contribution in [0.4, 0.5) is 15.5 Å². The Kier molecular flexibility index (Phi) is 5.06. The standard InChI is InChI=1S/C19H18FN5OS/c20-15-7-3-2-6-14(15)16-12-27-19(23-16)24-17(26)13-10-21-18(22-11-13)25-8-4-1-5-9-25/h2-3,6-7,10-12H,1,4-5,8-9H2,(H,23,24,26). The van der Waals surface area contributed by atoms with Crippen molar-refractivity contribution in [2.75, 3.05) is 23.3 Å². The van der Waals surface area contributed by atoms with Crippen LogP contribution in [0.25, 0.3) is 11.3 Å². The zero-order chi connectivity index (χ0) is 18.6. The number of aromatic nitrogens is 3. The summed E-state index contributed by atoms with van der Waals surface area (Å²) in [5.74, 6) is -0.0284. The monoisotopic (exact) mass is 383 g/mol. The molecule has 0 spiro atoms. The van der Waals surface area contributed by atoms with Gasteiger partial charge in [-0.1, -0.05) is 12.1 Å². The molecule has 0 unspecified atom stereocenters. The molecule has 2 aromatic heterocycles. The Labute approximate surface area is 160 Å². The average Bonchev–Trinajstić information content (AvgIpc) is 3.17. The summed E-state index contributed by atoms with van der Waals surface area (Å²) in [6, 6.07) is 6.41. The number of anilines is 2. The maximum Gasteiger partial charge on any atom is 0.260 e. The molecule has 1 aliphatic rings. The lowest BCUT2D eigenvalue weighted by Crippen LogP contribution is -2.31. The quantitative estimate of drug-likeness (QED) is 0.738. The Bertz CT molecular complexity index is 937. The van der Waals surface area contributed by atoms with Gasteiger partial charge < -0.3 is 4.90 Å². The van der Waals surface area contributed by atoms with Gasteiger partial charge in [0.1, 0.15) is 5.82 Å². The highest BCUT2D eigenvalue weighted by atomic mass is 32.1. The molecule has 27 heavy (non-hydrogen) atoms. The lowest BCUT2D eigenvalue weighted by Gasteiger charge is -2.26. The van der Waals surface area contributed by atoms with Gasteiger partial charge in [0.25, 0.3) is 5.91 Å². The highest BCUT2D eigenvalue weighted by molar-refractivity contribution is 7.14. The van der Waals surface area contributed by atoms with Crippen molar-refractivity contribution < 1.29 is 9.18 Å². The third-order valence-electron chi connectivity index (χ3n) is 4.41. The highest BCUT2D eigenvalue weighted by Crippen LogP contribution is 2.27. The van der Waals surface area contributed by atoms with Crippen LogP contribution in [0.1, 0.15) is 29.6 Å². The van der Waals surface area contributed by atoms with E-state index in [1.807, 2.05) is 0 Å². The fourth-order valence-corrected chi connectivity index (χ4v) is 3.69. The largest absolute Gasteiger partial charge is 0.341 e. The van der Waals surface area contributed by atoms with E-state index in [2.05, 4.69) is 25.2 Å². The molecule has 1 fully saturated rings. The predicted octanol–water partition coefficient (Wildman–Crippen LogP) is 3.98. The molecule has 1 aliphatic heterocycles. The predicted molar refractivity (Wildman–Crippen MR) is 104 cm³/mol. The maximum absolute atomic E-state index is 13.9. The van der Waals surface area contributed by atoms with Crippen LogP contribution >= 0.6 is 11.3 Å². The topological polar surface area (TPSA) is 71.0 Å². The highest BCUT2D eigenvalue weighted by Gasteiger charge is 2.16. The lowest BCUT2D eigenvalue weighted by molar-refractivity contribution is 0.102. The van der Waals surface area contributed by atoms with Crippen molar-refractivity contribution in [3.05, 3.63) is 53.4 Å². The molecule has 0 aliphatic carbocycles. The minimum Gasteiger partial charge on any atom is -0.341 e. The number of nitrogens with one attached hydrogen (secondary N) is 1. The van der Waals surface area contributed by atoms with E-state index >= 15 is 0 Å². The Hall–Kier alpha value is -2.87. The van der Waals surface area contributed by atoms with Gasteiger partial charge >= 0.3 is 0 Å². The summed E-state index contributed by atoms with van der Waals surface area (Å²) < 4.78 is 13.9. The van der Waals surface area contributed by atoms with Gasteiger partial charge in [-0.25, -0.2) is 19.3 Å². The normalized spacial score (nSPS) is 14.2. The van der Waals surface area contributed by atoms with E-state index in [-0.39, 0.29) is 11.7 Å². The Balaban J connectivity index is 1.44. The maximum atomic E-state index is 13.9. The number of thiazole rings is 1. The number of nitrogens with zero attached hydrogens (tertiary/aromatic N) is 4. The van der Waals surface area contributed by atoms with Crippen LogP contribution in [-0.2, 0) is 0 Å². The zero-order valence-corrected chi connectivity index (χ0v) is 15.4. The molecule has 0 saturated carbocycles. The zero-order valence-electron chi connectivity index (χ0n) is 14.6. The molecule has 0 bridgehead atoms. The average molecular weight is 383 g/mol. The molecular formula is C19H18FN5OS. The number of hydrogen-bond donors (Lipinski definition) is 1. The second kappa shape index (κ2) is 7.79. The summed E-state index contributed by atoms with van der Waals surface area (Å²) >= 11 is 1.24. The molecule has 8 heteroatoms. The fraction of sp³-hybridized carbons (Fsp3) is 0.263. The number of carbonyl (C=O) groups is 1. The van der Waals surface area contributed by atoms with Crippen LogP contribution < -0.4 is 10.2 Å². The molecular weight excluding hydrogens is 365 g/mol. The second-order valence-corrected chi connectivity index (χ2v) is 7.15. The number of piperidine rings is 1. The molecule has 0 radical (unpaired) electrons. The number of amides is 1. The Morgan fingerprint density at radius 1 is 1.11 bits per heavy atom. The van der Waals surface area contributed by atoms with Gasteiger partial charge in [-0.2, -0.15) is 0 Å². The molecule has 3 heterocycles. The molecule has 3 aromatic rings. The van der Waals surface area contributed by atoms with Crippen molar-refractivity contribution in [3.63, 3.8) is 0 Å². The van der Waals surface area contributed by atoms with Crippen molar-refractivity contribution in [2.45, 2.75) is 19.3 Å². The van der Waals surface area contributed by atoms with E-state index in [1.165, 1.54) is 36.2 Å². The van der Waals surface area contributed by atoms with E-state index in [0.717, 1.165) is 25.9 Å². The molecule has 1 saturated heterocycles. The van der Waals surface area contributed by atoms with Crippen LogP contribution in [0, 0.1) is 5.82 Å². The fourth-order valence-electron chi connectivity index (χ4n) is 2.99. The van der Waals surface area contributed by atoms with Crippen LogP contribution in [-0.4, -0.2) is 33.9 Å². The van der Waals surface area contributed by atoms with Gasteiger partial charge in [0.15, 0.2) is 5.13 Å². The smallest absolute Gasteiger partial charge is 0.260 e. The number of benzene rings is 1. The third kappa shape index (κ3) is 3.95. The first-order valence-electron chi connectivity index (χ1n) is 8.79. The molecule has 1 amide bonds. The first-order chi connectivity index (χ1) is 13.2. The first kappa shape index (κ1) is 17.5. The van der Waals surface area contributed by atoms with E-state index < -0.39 is 0 Å². The minimum absolute atomic E-state index is 0.338. The van der Waals surface area contributed by atoms with E-state index in [1.54, 1.807) is 23.6 Å². The molecule has 6 nitrogen and oxygen atoms in total. The molecule has 0 atom stereocenters. The van der Waals surface area contributed by atoms with Gasteiger partial charge in [-0.15, -0.1) is 11.3 Å². The van der Waals surface area contributed by atoms with Crippen LogP contribution in [0.15, 0.2) is 42.0 Å². The van der Waals surface area contributed by atoms with E-state index in [0.29, 0.717) is 27.9 Å². The van der Waals surface area contributed by atoms with Crippen molar-refractivity contribution in [2.24, 2.45) is 0 Å². The van der Waals surface area contributed by atoms with E-state index in [9.17, 15) is 9.18 Å². The summed E-state index contributed by atoms with van der Waals surface area (Å²) in [6.45, 7) is 1.90. The van der Waals surface area contributed by atoms with Gasteiger partial charge in [-0.3, -0.25) is 10.1 Å². The van der Waals surface area contributed by atoms with E-state index in [4.69, 9.17) is 0 Å². The second-order valence-electron chi connectivity index (χ2n) is 6.29. The van der Waals surface area contributed by atoms with Crippen molar-refractivity contribution in [3.8, 4) is 11.3 Å². The molecule has 1 N–H and O–H groups in total. The van der Waals surface area contributed by atoms with Crippen LogP contribution in [0.3, 0.4) is 0 Å². The van der Waals surface area contributed by atoms with Crippen LogP contribution in [0.2, 0.25) is 0 Å². The summed E-state index contributed by atoms with van der Waals surface area (Å²) in [5.41, 5.74) is 1.26. The van der Waals surface area contributed by atoms with Crippen molar-refractivity contribution in [1.29, 1.82) is 0 Å². The van der Waals surface area contributed by atoms with Crippen molar-refractivity contribution in [1.82, 2.24) is 15.0 Å². The SMILES string of the molecule is O=C(Nc1nc(-c2ccccc2F)cs1)c1cnc(N2CCCCC2)nc1. The molecule has 138 valence electrons. The summed E-state index contributed by atoms with van der Waals surface area (Å²) in [5, 5.41) is 4.83. The molecule has 4 rings (SSSR count). The Morgan fingerprint density at radius 3 is 2.59 bits per heavy atom. The Morgan fingerprint density at radius 2 is 1.85 bits per heavy atom.